The fraction of sp³-hybridized carbons (Fsp3) is 0.833. The molecule has 0 spiro atoms. The van der Waals surface area contributed by atoms with Crippen LogP contribution in [0.4, 0.5) is 0 Å². The van der Waals surface area contributed by atoms with Crippen molar-refractivity contribution < 1.29 is 14.3 Å². The van der Waals surface area contributed by atoms with E-state index in [0.717, 1.165) is 12.8 Å². The van der Waals surface area contributed by atoms with Gasteiger partial charge in [-0.05, 0) is 6.42 Å². The Kier molecular flexibility index (Phi) is 6.21. The highest BCUT2D eigenvalue weighted by molar-refractivity contribution is 5.86. The predicted octanol–water partition coefficient (Wildman–Crippen LogP) is 2.73. The first-order valence-corrected chi connectivity index (χ1v) is 5.57. The summed E-state index contributed by atoms with van der Waals surface area (Å²) in [6, 6.07) is 0. The number of hydrogen-bond acceptors (Lipinski definition) is 3. The first-order valence-electron chi connectivity index (χ1n) is 5.57. The van der Waals surface area contributed by atoms with Crippen molar-refractivity contribution in [2.75, 3.05) is 6.61 Å². The van der Waals surface area contributed by atoms with Gasteiger partial charge in [-0.1, -0.05) is 34.1 Å². The molecule has 0 N–H and O–H groups in total. The molecule has 0 aromatic rings. The molecule has 0 saturated carbocycles. The van der Waals surface area contributed by atoms with Crippen LogP contribution >= 0.6 is 0 Å². The van der Waals surface area contributed by atoms with Crippen LogP contribution in [0.25, 0.3) is 0 Å². The lowest BCUT2D eigenvalue weighted by molar-refractivity contribution is -0.145. The molecule has 0 fully saturated rings. The van der Waals surface area contributed by atoms with Crippen LogP contribution in [0.2, 0.25) is 0 Å². The van der Waals surface area contributed by atoms with E-state index in [1.54, 1.807) is 0 Å². The molecule has 0 bridgehead atoms. The van der Waals surface area contributed by atoms with Gasteiger partial charge in [0.15, 0.2) is 0 Å². The van der Waals surface area contributed by atoms with Gasteiger partial charge in [0.1, 0.15) is 5.78 Å². The SMILES string of the molecule is CCCCOC(=O)CCC(=O)C(C)(C)C. The van der Waals surface area contributed by atoms with E-state index in [1.165, 1.54) is 0 Å². The summed E-state index contributed by atoms with van der Waals surface area (Å²) in [6.07, 6.45) is 2.39. The maximum Gasteiger partial charge on any atom is 0.306 e. The van der Waals surface area contributed by atoms with Crippen LogP contribution in [0.3, 0.4) is 0 Å². The molecule has 0 unspecified atom stereocenters. The van der Waals surface area contributed by atoms with Crippen LogP contribution in [-0.2, 0) is 14.3 Å². The number of esters is 1. The van der Waals surface area contributed by atoms with Gasteiger partial charge in [0, 0.05) is 11.8 Å². The molecule has 0 rings (SSSR count). The summed E-state index contributed by atoms with van der Waals surface area (Å²) >= 11 is 0. The third kappa shape index (κ3) is 7.11. The van der Waals surface area contributed by atoms with Gasteiger partial charge in [-0.2, -0.15) is 0 Å². The number of carbonyl (C=O) groups is 2. The van der Waals surface area contributed by atoms with Crippen molar-refractivity contribution in [3.05, 3.63) is 0 Å². The fourth-order valence-electron chi connectivity index (χ4n) is 0.993. The van der Waals surface area contributed by atoms with Crippen molar-refractivity contribution in [1.82, 2.24) is 0 Å². The lowest BCUT2D eigenvalue weighted by Gasteiger charge is -2.15. The lowest BCUT2D eigenvalue weighted by Crippen LogP contribution is -2.21. The molecule has 0 radical (unpaired) electrons. The number of unbranched alkanes of at least 4 members (excludes halogenated alkanes) is 1. The van der Waals surface area contributed by atoms with Crippen molar-refractivity contribution in [1.29, 1.82) is 0 Å². The Morgan fingerprint density at radius 1 is 1.13 bits per heavy atom. The first-order chi connectivity index (χ1) is 6.88. The Labute approximate surface area is 92.2 Å². The molecular weight excluding hydrogens is 192 g/mol. The van der Waals surface area contributed by atoms with E-state index in [9.17, 15) is 9.59 Å². The zero-order valence-electron chi connectivity index (χ0n) is 10.3. The largest absolute Gasteiger partial charge is 0.466 e. The van der Waals surface area contributed by atoms with Gasteiger partial charge < -0.3 is 4.74 Å². The highest BCUT2D eigenvalue weighted by atomic mass is 16.5. The first kappa shape index (κ1) is 14.1. The van der Waals surface area contributed by atoms with Gasteiger partial charge in [-0.15, -0.1) is 0 Å². The Morgan fingerprint density at radius 2 is 1.73 bits per heavy atom. The maximum absolute atomic E-state index is 11.5. The number of ketones is 1. The smallest absolute Gasteiger partial charge is 0.306 e. The van der Waals surface area contributed by atoms with E-state index in [0.29, 0.717) is 6.61 Å². The van der Waals surface area contributed by atoms with Crippen LogP contribution in [0, 0.1) is 5.41 Å². The monoisotopic (exact) mass is 214 g/mol. The molecule has 0 aromatic heterocycles. The Balaban J connectivity index is 3.67. The number of carbonyl (C=O) groups excluding carboxylic acids is 2. The van der Waals surface area contributed by atoms with Crippen LogP contribution in [0.5, 0.6) is 0 Å². The fourth-order valence-corrected chi connectivity index (χ4v) is 0.993. The second-order valence-electron chi connectivity index (χ2n) is 4.75. The second-order valence-corrected chi connectivity index (χ2v) is 4.75. The third-order valence-electron chi connectivity index (χ3n) is 2.15. The molecule has 15 heavy (non-hydrogen) atoms. The van der Waals surface area contributed by atoms with Crippen LogP contribution in [0.15, 0.2) is 0 Å². The van der Waals surface area contributed by atoms with Gasteiger partial charge in [0.05, 0.1) is 13.0 Å². The number of Topliss-reactive ketones (excluding diaryl/α,β-unsaturated/α-hetero) is 1. The number of ether oxygens (including phenoxy) is 1. The summed E-state index contributed by atoms with van der Waals surface area (Å²) in [7, 11) is 0. The van der Waals surface area contributed by atoms with E-state index in [1.807, 2.05) is 27.7 Å². The minimum atomic E-state index is -0.357. The molecule has 3 nitrogen and oxygen atoms in total. The Bertz CT molecular complexity index is 213. The van der Waals surface area contributed by atoms with Gasteiger partial charge in [0.25, 0.3) is 0 Å². The van der Waals surface area contributed by atoms with Gasteiger partial charge in [-0.3, -0.25) is 9.59 Å². The summed E-state index contributed by atoms with van der Waals surface area (Å²) in [5, 5.41) is 0. The summed E-state index contributed by atoms with van der Waals surface area (Å²) in [4.78, 5) is 22.7. The van der Waals surface area contributed by atoms with Crippen LogP contribution < -0.4 is 0 Å². The summed E-state index contributed by atoms with van der Waals surface area (Å²) in [5.74, 6) is -0.156. The Morgan fingerprint density at radius 3 is 2.20 bits per heavy atom. The van der Waals surface area contributed by atoms with Crippen molar-refractivity contribution in [2.45, 2.75) is 53.4 Å². The highest BCUT2D eigenvalue weighted by Crippen LogP contribution is 2.17. The molecular formula is C12H22O3. The van der Waals surface area contributed by atoms with E-state index < -0.39 is 0 Å². The highest BCUT2D eigenvalue weighted by Gasteiger charge is 2.21. The average Bonchev–Trinajstić information content (AvgIpc) is 2.13. The van der Waals surface area contributed by atoms with Crippen molar-refractivity contribution in [3.63, 3.8) is 0 Å². The normalized spacial score (nSPS) is 11.2. The zero-order chi connectivity index (χ0) is 11.9. The van der Waals surface area contributed by atoms with E-state index in [-0.39, 0.29) is 30.0 Å². The zero-order valence-corrected chi connectivity index (χ0v) is 10.3. The van der Waals surface area contributed by atoms with Crippen LogP contribution in [0.1, 0.15) is 53.4 Å². The lowest BCUT2D eigenvalue weighted by atomic mass is 9.88. The second kappa shape index (κ2) is 6.59. The summed E-state index contributed by atoms with van der Waals surface area (Å²) in [5.41, 5.74) is -0.357. The summed E-state index contributed by atoms with van der Waals surface area (Å²) in [6.45, 7) is 8.09. The molecule has 0 aliphatic heterocycles. The van der Waals surface area contributed by atoms with E-state index in [2.05, 4.69) is 0 Å². The quantitative estimate of drug-likeness (QED) is 0.504. The van der Waals surface area contributed by atoms with Crippen molar-refractivity contribution in [3.8, 4) is 0 Å². The summed E-state index contributed by atoms with van der Waals surface area (Å²) < 4.78 is 4.95. The van der Waals surface area contributed by atoms with Crippen LogP contribution in [-0.4, -0.2) is 18.4 Å². The van der Waals surface area contributed by atoms with Crippen molar-refractivity contribution >= 4 is 11.8 Å². The molecule has 0 aliphatic rings. The molecule has 88 valence electrons. The number of rotatable bonds is 6. The topological polar surface area (TPSA) is 43.4 Å². The predicted molar refractivity (Wildman–Crippen MR) is 59.6 cm³/mol. The minimum absolute atomic E-state index is 0.106. The molecule has 3 heteroatoms. The molecule has 0 heterocycles. The maximum atomic E-state index is 11.5. The standard InChI is InChI=1S/C12H22O3/c1-5-6-9-15-11(14)8-7-10(13)12(2,3)4/h5-9H2,1-4H3. The van der Waals surface area contributed by atoms with Gasteiger partial charge in [0.2, 0.25) is 0 Å². The van der Waals surface area contributed by atoms with Gasteiger partial charge >= 0.3 is 5.97 Å². The molecule has 0 aliphatic carbocycles. The molecule has 0 aromatic carbocycles. The molecule has 0 saturated heterocycles. The molecule has 0 atom stereocenters. The van der Waals surface area contributed by atoms with E-state index >= 15 is 0 Å². The van der Waals surface area contributed by atoms with Crippen molar-refractivity contribution in [2.24, 2.45) is 5.41 Å². The Hall–Kier alpha value is -0.860. The molecule has 0 amide bonds. The average molecular weight is 214 g/mol. The van der Waals surface area contributed by atoms with E-state index in [4.69, 9.17) is 4.74 Å². The number of hydrogen-bond donors (Lipinski definition) is 0. The third-order valence-corrected chi connectivity index (χ3v) is 2.15. The van der Waals surface area contributed by atoms with Gasteiger partial charge in [-0.25, -0.2) is 0 Å². The minimum Gasteiger partial charge on any atom is -0.466 e.